The van der Waals surface area contributed by atoms with Gasteiger partial charge in [0.2, 0.25) is 6.79 Å². The third-order valence-corrected chi connectivity index (χ3v) is 3.99. The minimum absolute atomic E-state index is 0.131. The van der Waals surface area contributed by atoms with E-state index in [0.717, 1.165) is 30.2 Å². The average molecular weight is 313 g/mol. The van der Waals surface area contributed by atoms with E-state index in [1.54, 1.807) is 0 Å². The largest absolute Gasteiger partial charge is 0.494 e. The molecule has 4 heteroatoms. The van der Waals surface area contributed by atoms with Crippen LogP contribution in [0.5, 0.6) is 17.2 Å². The highest BCUT2D eigenvalue weighted by Crippen LogP contribution is 2.35. The lowest BCUT2D eigenvalue weighted by molar-refractivity contribution is 0.174. The second kappa shape index (κ2) is 6.92. The molecule has 0 saturated heterocycles. The Bertz CT molecular complexity index is 640. The van der Waals surface area contributed by atoms with Crippen LogP contribution in [0.25, 0.3) is 0 Å². The standard InChI is InChI=1S/C19H23NO3/c1-19(2,15-9-10-17-18(13-15)23-14-22-17)20-11-6-12-21-16-7-4-3-5-8-16/h3-5,7-10,13,20H,6,11-12,14H2,1-2H3. The van der Waals surface area contributed by atoms with E-state index in [9.17, 15) is 0 Å². The first-order valence-corrected chi connectivity index (χ1v) is 7.98. The van der Waals surface area contributed by atoms with Crippen LogP contribution in [0.15, 0.2) is 48.5 Å². The summed E-state index contributed by atoms with van der Waals surface area (Å²) < 4.78 is 16.5. The van der Waals surface area contributed by atoms with Gasteiger partial charge in [0.05, 0.1) is 6.61 Å². The average Bonchev–Trinajstić information content (AvgIpc) is 3.03. The topological polar surface area (TPSA) is 39.7 Å². The van der Waals surface area contributed by atoms with Gasteiger partial charge in [0.1, 0.15) is 5.75 Å². The highest BCUT2D eigenvalue weighted by molar-refractivity contribution is 5.46. The van der Waals surface area contributed by atoms with Crippen LogP contribution in [-0.2, 0) is 5.54 Å². The normalized spacial score (nSPS) is 13.1. The SMILES string of the molecule is CC(C)(NCCCOc1ccccc1)c1ccc2c(c1)OCO2. The third kappa shape index (κ3) is 3.96. The smallest absolute Gasteiger partial charge is 0.231 e. The van der Waals surface area contributed by atoms with Crippen molar-refractivity contribution in [3.63, 3.8) is 0 Å². The molecule has 1 aliphatic rings. The molecule has 23 heavy (non-hydrogen) atoms. The van der Waals surface area contributed by atoms with Crippen LogP contribution >= 0.6 is 0 Å². The summed E-state index contributed by atoms with van der Waals surface area (Å²) in [5, 5.41) is 3.58. The fraction of sp³-hybridized carbons (Fsp3) is 0.368. The van der Waals surface area contributed by atoms with Gasteiger partial charge in [-0.3, -0.25) is 0 Å². The Hall–Kier alpha value is -2.20. The Kier molecular flexibility index (Phi) is 4.72. The third-order valence-electron chi connectivity index (χ3n) is 3.99. The molecular weight excluding hydrogens is 290 g/mol. The molecule has 0 radical (unpaired) electrons. The van der Waals surface area contributed by atoms with E-state index >= 15 is 0 Å². The van der Waals surface area contributed by atoms with Crippen LogP contribution in [0.3, 0.4) is 0 Å². The Labute approximate surface area is 137 Å². The van der Waals surface area contributed by atoms with Gasteiger partial charge in [-0.15, -0.1) is 0 Å². The van der Waals surface area contributed by atoms with Crippen molar-refractivity contribution in [2.75, 3.05) is 19.9 Å². The maximum absolute atomic E-state index is 5.71. The molecule has 0 unspecified atom stereocenters. The van der Waals surface area contributed by atoms with Crippen LogP contribution in [0, 0.1) is 0 Å². The second-order valence-corrected chi connectivity index (χ2v) is 6.13. The molecule has 2 aromatic rings. The van der Waals surface area contributed by atoms with E-state index in [4.69, 9.17) is 14.2 Å². The van der Waals surface area contributed by atoms with E-state index in [0.29, 0.717) is 13.4 Å². The van der Waals surface area contributed by atoms with Crippen LogP contribution in [0.4, 0.5) is 0 Å². The number of ether oxygens (including phenoxy) is 3. The monoisotopic (exact) mass is 313 g/mol. The molecular formula is C19H23NO3. The van der Waals surface area contributed by atoms with E-state index in [1.807, 2.05) is 36.4 Å². The summed E-state index contributed by atoms with van der Waals surface area (Å²) in [6.45, 7) is 6.23. The summed E-state index contributed by atoms with van der Waals surface area (Å²) in [7, 11) is 0. The van der Waals surface area contributed by atoms with Gasteiger partial charge in [0, 0.05) is 5.54 Å². The summed E-state index contributed by atoms with van der Waals surface area (Å²) in [6, 6.07) is 16.0. The number of hydrogen-bond donors (Lipinski definition) is 1. The number of rotatable bonds is 7. The molecule has 3 rings (SSSR count). The number of fused-ring (bicyclic) bond motifs is 1. The van der Waals surface area contributed by atoms with Crippen LogP contribution in [0.1, 0.15) is 25.8 Å². The van der Waals surface area contributed by atoms with Crippen molar-refractivity contribution in [3.05, 3.63) is 54.1 Å². The van der Waals surface area contributed by atoms with Crippen LogP contribution in [-0.4, -0.2) is 19.9 Å². The zero-order chi connectivity index (χ0) is 16.1. The van der Waals surface area contributed by atoms with Crippen molar-refractivity contribution in [3.8, 4) is 17.2 Å². The molecule has 0 amide bonds. The summed E-state index contributed by atoms with van der Waals surface area (Å²) >= 11 is 0. The molecule has 1 heterocycles. The van der Waals surface area contributed by atoms with Crippen molar-refractivity contribution in [2.24, 2.45) is 0 Å². The van der Waals surface area contributed by atoms with Crippen molar-refractivity contribution >= 4 is 0 Å². The summed E-state index contributed by atoms with van der Waals surface area (Å²) in [4.78, 5) is 0. The first-order valence-electron chi connectivity index (χ1n) is 7.98. The number of nitrogens with one attached hydrogen (secondary N) is 1. The molecule has 0 spiro atoms. The first-order chi connectivity index (χ1) is 11.1. The molecule has 0 bridgehead atoms. The van der Waals surface area contributed by atoms with Gasteiger partial charge in [-0.05, 0) is 56.6 Å². The van der Waals surface area contributed by atoms with Crippen LogP contribution < -0.4 is 19.5 Å². The molecule has 4 nitrogen and oxygen atoms in total. The Balaban J connectivity index is 1.47. The zero-order valence-electron chi connectivity index (χ0n) is 13.7. The Morgan fingerprint density at radius 2 is 1.83 bits per heavy atom. The minimum Gasteiger partial charge on any atom is -0.494 e. The van der Waals surface area contributed by atoms with Gasteiger partial charge >= 0.3 is 0 Å². The van der Waals surface area contributed by atoms with Gasteiger partial charge in [-0.2, -0.15) is 0 Å². The molecule has 2 aromatic carbocycles. The lowest BCUT2D eigenvalue weighted by atomic mass is 9.94. The van der Waals surface area contributed by atoms with E-state index in [1.165, 1.54) is 5.56 Å². The van der Waals surface area contributed by atoms with Crippen molar-refractivity contribution < 1.29 is 14.2 Å². The minimum atomic E-state index is -0.131. The predicted octanol–water partition coefficient (Wildman–Crippen LogP) is 3.71. The molecule has 0 saturated carbocycles. The van der Waals surface area contributed by atoms with Crippen molar-refractivity contribution in [2.45, 2.75) is 25.8 Å². The second-order valence-electron chi connectivity index (χ2n) is 6.13. The maximum Gasteiger partial charge on any atom is 0.231 e. The van der Waals surface area contributed by atoms with E-state index in [2.05, 4.69) is 31.3 Å². The molecule has 0 fully saturated rings. The fourth-order valence-corrected chi connectivity index (χ4v) is 2.57. The number of para-hydroxylation sites is 1. The molecule has 0 aliphatic carbocycles. The molecule has 0 atom stereocenters. The van der Waals surface area contributed by atoms with Gasteiger partial charge < -0.3 is 19.5 Å². The number of benzene rings is 2. The summed E-state index contributed by atoms with van der Waals surface area (Å²) in [5.41, 5.74) is 1.05. The van der Waals surface area contributed by atoms with Gasteiger partial charge in [-0.1, -0.05) is 24.3 Å². The quantitative estimate of drug-likeness (QED) is 0.791. The first kappa shape index (κ1) is 15.7. The lowest BCUT2D eigenvalue weighted by Gasteiger charge is -2.27. The van der Waals surface area contributed by atoms with Gasteiger partial charge in [0.15, 0.2) is 11.5 Å². The summed E-state index contributed by atoms with van der Waals surface area (Å²) in [5.74, 6) is 2.56. The van der Waals surface area contributed by atoms with Crippen molar-refractivity contribution in [1.29, 1.82) is 0 Å². The Morgan fingerprint density at radius 3 is 2.65 bits per heavy atom. The molecule has 1 aliphatic heterocycles. The predicted molar refractivity (Wildman–Crippen MR) is 90.1 cm³/mol. The zero-order valence-corrected chi connectivity index (χ0v) is 13.7. The van der Waals surface area contributed by atoms with Gasteiger partial charge in [0.25, 0.3) is 0 Å². The molecule has 1 N–H and O–H groups in total. The molecule has 0 aromatic heterocycles. The van der Waals surface area contributed by atoms with E-state index in [-0.39, 0.29) is 5.54 Å². The fourth-order valence-electron chi connectivity index (χ4n) is 2.57. The summed E-state index contributed by atoms with van der Waals surface area (Å²) in [6.07, 6.45) is 0.947. The maximum atomic E-state index is 5.71. The van der Waals surface area contributed by atoms with Crippen molar-refractivity contribution in [1.82, 2.24) is 5.32 Å². The highest BCUT2D eigenvalue weighted by Gasteiger charge is 2.23. The Morgan fingerprint density at radius 1 is 1.04 bits per heavy atom. The van der Waals surface area contributed by atoms with Crippen LogP contribution in [0.2, 0.25) is 0 Å². The number of hydrogen-bond acceptors (Lipinski definition) is 4. The molecule has 122 valence electrons. The van der Waals surface area contributed by atoms with E-state index < -0.39 is 0 Å². The van der Waals surface area contributed by atoms with Gasteiger partial charge in [-0.25, -0.2) is 0 Å². The lowest BCUT2D eigenvalue weighted by Crippen LogP contribution is -2.37. The highest BCUT2D eigenvalue weighted by atomic mass is 16.7.